The van der Waals surface area contributed by atoms with Gasteiger partial charge < -0.3 is 10.1 Å². The molecule has 2 atom stereocenters. The van der Waals surface area contributed by atoms with Crippen LogP contribution in [0.25, 0.3) is 0 Å². The molecule has 3 amide bonds. The molecule has 1 saturated heterocycles. The maximum absolute atomic E-state index is 15.3. The highest BCUT2D eigenvalue weighted by molar-refractivity contribution is 6.08. The van der Waals surface area contributed by atoms with Crippen molar-refractivity contribution in [3.05, 3.63) is 83.8 Å². The second-order valence-corrected chi connectivity index (χ2v) is 9.77. The second kappa shape index (κ2) is 11.4. The van der Waals surface area contributed by atoms with Gasteiger partial charge in [0.05, 0.1) is 36.3 Å². The van der Waals surface area contributed by atoms with E-state index in [4.69, 9.17) is 4.74 Å². The molecule has 2 unspecified atom stereocenters. The smallest absolute Gasteiger partial charge is 0.416 e. The fourth-order valence-corrected chi connectivity index (χ4v) is 4.92. The topological polar surface area (TPSA) is 129 Å². The summed E-state index contributed by atoms with van der Waals surface area (Å²) in [4.78, 5) is 50.6. The average molecular weight is 583 g/mol. The van der Waals surface area contributed by atoms with Gasteiger partial charge in [-0.25, -0.2) is 32.2 Å². The molecule has 2 aliphatic rings. The fraction of sp³-hybridized carbons (Fsp3) is 0.286. The third kappa shape index (κ3) is 5.71. The van der Waals surface area contributed by atoms with Gasteiger partial charge in [-0.2, -0.15) is 5.26 Å². The molecular formula is C28H22F4N6O4. The van der Waals surface area contributed by atoms with E-state index in [1.54, 1.807) is 0 Å². The lowest BCUT2D eigenvalue weighted by atomic mass is 9.87. The molecule has 1 saturated carbocycles. The Morgan fingerprint density at radius 3 is 2.62 bits per heavy atom. The number of hydrogen-bond donors (Lipinski definition) is 1. The number of aromatic nitrogens is 2. The van der Waals surface area contributed by atoms with Gasteiger partial charge in [0.15, 0.2) is 0 Å². The molecule has 42 heavy (non-hydrogen) atoms. The summed E-state index contributed by atoms with van der Waals surface area (Å²) in [5.41, 5.74) is -0.454. The van der Waals surface area contributed by atoms with Gasteiger partial charge in [0.1, 0.15) is 29.5 Å². The van der Waals surface area contributed by atoms with E-state index in [2.05, 4.69) is 15.3 Å². The number of pyridine rings is 2. The standard InChI is InChI=1S/C28H22F4N6O4/c29-17-10-19(15-34-14-17)37(24(20-3-1-2-4-21(20)30)25(39)36-18-11-28(31,32)12-18)26(40)22-6-8-42-27(41)38(22)23-9-16(13-33)5-7-35-23/h1-5,7,9-10,14-15,18,22,24H,6,8,11-12H2,(H,36,39). The number of benzene rings is 1. The van der Waals surface area contributed by atoms with Crippen molar-refractivity contribution in [2.24, 2.45) is 0 Å². The molecule has 0 bridgehead atoms. The highest BCUT2D eigenvalue weighted by atomic mass is 19.3. The first-order chi connectivity index (χ1) is 20.1. The Kier molecular flexibility index (Phi) is 7.75. The molecule has 0 radical (unpaired) electrons. The molecule has 1 N–H and O–H groups in total. The summed E-state index contributed by atoms with van der Waals surface area (Å²) in [6.07, 6.45) is 0.756. The summed E-state index contributed by atoms with van der Waals surface area (Å²) in [6.45, 7) is -0.216. The molecular weight excluding hydrogens is 560 g/mol. The summed E-state index contributed by atoms with van der Waals surface area (Å²) in [7, 11) is 0. The number of anilines is 2. The van der Waals surface area contributed by atoms with Crippen LogP contribution in [0.4, 0.5) is 33.9 Å². The lowest BCUT2D eigenvalue weighted by molar-refractivity contribution is -0.133. The van der Waals surface area contributed by atoms with Crippen LogP contribution >= 0.6 is 0 Å². The normalized spacial score (nSPS) is 18.7. The molecule has 216 valence electrons. The van der Waals surface area contributed by atoms with Crippen molar-refractivity contribution < 1.29 is 36.7 Å². The summed E-state index contributed by atoms with van der Waals surface area (Å²) in [5.74, 6) is -6.86. The van der Waals surface area contributed by atoms with Gasteiger partial charge in [0.2, 0.25) is 5.91 Å². The van der Waals surface area contributed by atoms with Gasteiger partial charge in [0, 0.05) is 43.1 Å². The maximum Gasteiger partial charge on any atom is 0.416 e. The first-order valence-electron chi connectivity index (χ1n) is 12.8. The molecule has 0 spiro atoms. The number of carbonyl (C=O) groups is 3. The van der Waals surface area contributed by atoms with E-state index < -0.39 is 66.4 Å². The SMILES string of the molecule is N#Cc1ccnc(N2C(=O)OCCC2C(=O)N(c2cncc(F)c2)C(C(=O)NC2CC(F)(F)C2)c2ccccc2F)c1. The van der Waals surface area contributed by atoms with E-state index in [-0.39, 0.29) is 35.7 Å². The van der Waals surface area contributed by atoms with Crippen LogP contribution in [-0.2, 0) is 14.3 Å². The highest BCUT2D eigenvalue weighted by Crippen LogP contribution is 2.39. The number of nitrogens with one attached hydrogen (secondary N) is 1. The van der Waals surface area contributed by atoms with Crippen molar-refractivity contribution in [2.75, 3.05) is 16.4 Å². The van der Waals surface area contributed by atoms with E-state index in [1.165, 1.54) is 36.5 Å². The molecule has 1 aliphatic carbocycles. The molecule has 3 aromatic rings. The Morgan fingerprint density at radius 1 is 1.17 bits per heavy atom. The molecule has 1 aromatic carbocycles. The Bertz CT molecular complexity index is 1570. The fourth-order valence-electron chi connectivity index (χ4n) is 4.92. The lowest BCUT2D eigenvalue weighted by Gasteiger charge is -2.40. The van der Waals surface area contributed by atoms with Gasteiger partial charge in [-0.3, -0.25) is 19.5 Å². The lowest BCUT2D eigenvalue weighted by Crippen LogP contribution is -2.58. The number of ether oxygens (including phenoxy) is 1. The quantitative estimate of drug-likeness (QED) is 0.417. The largest absolute Gasteiger partial charge is 0.449 e. The molecule has 10 nitrogen and oxygen atoms in total. The minimum absolute atomic E-state index is 0.113. The molecule has 3 heterocycles. The summed E-state index contributed by atoms with van der Waals surface area (Å²) in [6, 6.07) is 6.26. The number of halogens is 4. The van der Waals surface area contributed by atoms with E-state index >= 15 is 4.39 Å². The molecule has 1 aliphatic heterocycles. The number of rotatable bonds is 7. The Labute approximate surface area is 236 Å². The Hall–Kier alpha value is -5.06. The number of carbonyl (C=O) groups excluding carboxylic acids is 3. The zero-order chi connectivity index (χ0) is 30.0. The van der Waals surface area contributed by atoms with Crippen LogP contribution in [0.3, 0.4) is 0 Å². The van der Waals surface area contributed by atoms with Gasteiger partial charge in [0.25, 0.3) is 11.8 Å². The zero-order valence-electron chi connectivity index (χ0n) is 21.7. The Balaban J connectivity index is 1.62. The monoisotopic (exact) mass is 582 g/mol. The van der Waals surface area contributed by atoms with Crippen LogP contribution in [-0.4, -0.2) is 52.5 Å². The predicted octanol–water partition coefficient (Wildman–Crippen LogP) is 4.03. The van der Waals surface area contributed by atoms with Crippen LogP contribution in [0.15, 0.2) is 61.1 Å². The zero-order valence-corrected chi connectivity index (χ0v) is 21.7. The molecule has 5 rings (SSSR count). The molecule has 2 fully saturated rings. The number of nitrogens with zero attached hydrogens (tertiary/aromatic N) is 5. The third-order valence-corrected chi connectivity index (χ3v) is 6.88. The van der Waals surface area contributed by atoms with E-state index in [1.807, 2.05) is 6.07 Å². The Morgan fingerprint density at radius 2 is 1.93 bits per heavy atom. The van der Waals surface area contributed by atoms with Gasteiger partial charge in [-0.1, -0.05) is 18.2 Å². The number of nitriles is 1. The first-order valence-corrected chi connectivity index (χ1v) is 12.8. The minimum atomic E-state index is -2.98. The summed E-state index contributed by atoms with van der Waals surface area (Å²) >= 11 is 0. The third-order valence-electron chi connectivity index (χ3n) is 6.88. The summed E-state index contributed by atoms with van der Waals surface area (Å²) < 4.78 is 61.9. The summed E-state index contributed by atoms with van der Waals surface area (Å²) in [5, 5.41) is 11.8. The second-order valence-electron chi connectivity index (χ2n) is 9.77. The van der Waals surface area contributed by atoms with E-state index in [9.17, 15) is 32.8 Å². The number of cyclic esters (lactones) is 1. The molecule has 14 heteroatoms. The van der Waals surface area contributed by atoms with Gasteiger partial charge in [-0.05, 0) is 18.2 Å². The van der Waals surface area contributed by atoms with Crippen LogP contribution < -0.4 is 15.1 Å². The van der Waals surface area contributed by atoms with Crippen molar-refractivity contribution >= 4 is 29.4 Å². The maximum atomic E-state index is 15.3. The van der Waals surface area contributed by atoms with Crippen LogP contribution in [0.5, 0.6) is 0 Å². The van der Waals surface area contributed by atoms with Crippen LogP contribution in [0.1, 0.15) is 36.4 Å². The first kappa shape index (κ1) is 28.5. The highest BCUT2D eigenvalue weighted by Gasteiger charge is 2.48. The van der Waals surface area contributed by atoms with Crippen molar-refractivity contribution in [1.29, 1.82) is 5.26 Å². The van der Waals surface area contributed by atoms with Crippen molar-refractivity contribution in [3.63, 3.8) is 0 Å². The van der Waals surface area contributed by atoms with Crippen molar-refractivity contribution in [3.8, 4) is 6.07 Å². The number of hydrogen-bond acceptors (Lipinski definition) is 7. The van der Waals surface area contributed by atoms with Crippen LogP contribution in [0.2, 0.25) is 0 Å². The van der Waals surface area contributed by atoms with Crippen molar-refractivity contribution in [1.82, 2.24) is 15.3 Å². The average Bonchev–Trinajstić information content (AvgIpc) is 2.95. The minimum Gasteiger partial charge on any atom is -0.449 e. The molecule has 2 aromatic heterocycles. The van der Waals surface area contributed by atoms with E-state index in [0.29, 0.717) is 0 Å². The van der Waals surface area contributed by atoms with Crippen LogP contribution in [0, 0.1) is 23.0 Å². The number of alkyl halides is 2. The predicted molar refractivity (Wildman–Crippen MR) is 138 cm³/mol. The van der Waals surface area contributed by atoms with Crippen molar-refractivity contribution in [2.45, 2.75) is 43.3 Å². The van der Waals surface area contributed by atoms with Gasteiger partial charge >= 0.3 is 6.09 Å². The van der Waals surface area contributed by atoms with Gasteiger partial charge in [-0.15, -0.1) is 0 Å². The number of amides is 3. The van der Waals surface area contributed by atoms with E-state index in [0.717, 1.165) is 34.3 Å².